The van der Waals surface area contributed by atoms with Gasteiger partial charge in [0.05, 0.1) is 5.56 Å². The topological polar surface area (TPSA) is 50.8 Å². The number of nitrogens with zero attached hydrogens (tertiary/aromatic N) is 1. The third kappa shape index (κ3) is 4.75. The average molecular weight is 396 g/mol. The van der Waals surface area contributed by atoms with E-state index in [4.69, 9.17) is 9.47 Å². The molecule has 146 valence electrons. The molecular weight excluding hydrogens is 374 g/mol. The maximum Gasteiger partial charge on any atom is 0.410 e. The first kappa shape index (κ1) is 19.6. The highest BCUT2D eigenvalue weighted by Crippen LogP contribution is 2.23. The van der Waals surface area contributed by atoms with Crippen LogP contribution in [0.3, 0.4) is 0 Å². The average Bonchev–Trinajstić information content (AvgIpc) is 3.12. The number of amides is 1. The minimum Gasteiger partial charge on any atom is -0.489 e. The van der Waals surface area contributed by atoms with Crippen molar-refractivity contribution in [3.8, 4) is 5.75 Å². The van der Waals surface area contributed by atoms with E-state index in [2.05, 4.69) is 5.32 Å². The Morgan fingerprint density at radius 2 is 1.89 bits per heavy atom. The van der Waals surface area contributed by atoms with Crippen molar-refractivity contribution in [3.63, 3.8) is 0 Å². The number of ether oxygens (including phenoxy) is 2. The molecule has 0 spiro atoms. The lowest BCUT2D eigenvalue weighted by Crippen LogP contribution is -2.57. The van der Waals surface area contributed by atoms with Gasteiger partial charge in [0.2, 0.25) is 0 Å². The smallest absolute Gasteiger partial charge is 0.410 e. The number of hydrogen-bond acceptors (Lipinski definition) is 5. The third-order valence-electron chi connectivity index (χ3n) is 4.48. The minimum atomic E-state index is -0.801. The highest BCUT2D eigenvalue weighted by atomic mass is 32.1. The normalized spacial score (nSPS) is 19.8. The highest BCUT2D eigenvalue weighted by molar-refractivity contribution is 7.07. The Morgan fingerprint density at radius 3 is 2.48 bits per heavy atom. The number of carbonyl (C=O) groups excluding carboxylic acids is 1. The van der Waals surface area contributed by atoms with Gasteiger partial charge in [-0.2, -0.15) is 11.3 Å². The van der Waals surface area contributed by atoms with E-state index in [-0.39, 0.29) is 30.0 Å². The number of nitrogens with one attached hydrogen (secondary N) is 1. The molecule has 0 bridgehead atoms. The fourth-order valence-electron chi connectivity index (χ4n) is 3.04. The second-order valence-corrected chi connectivity index (χ2v) is 7.38. The van der Waals surface area contributed by atoms with Crippen LogP contribution in [0, 0.1) is 11.6 Å². The molecular formula is C19H22F2N2O3S. The summed E-state index contributed by atoms with van der Waals surface area (Å²) >= 11 is 1.52. The van der Waals surface area contributed by atoms with E-state index in [1.54, 1.807) is 4.90 Å². The predicted molar refractivity (Wildman–Crippen MR) is 98.8 cm³/mol. The SMILES string of the molecule is C[C@@H]1CNC[C@H](C)N1C(=O)OCc1c(F)cc(OCc2ccsc2)cc1F. The molecule has 1 amide bonds. The zero-order valence-electron chi connectivity index (χ0n) is 15.2. The van der Waals surface area contributed by atoms with E-state index in [0.717, 1.165) is 17.7 Å². The largest absolute Gasteiger partial charge is 0.489 e. The first-order chi connectivity index (χ1) is 13.0. The van der Waals surface area contributed by atoms with E-state index in [1.165, 1.54) is 11.3 Å². The monoisotopic (exact) mass is 396 g/mol. The maximum atomic E-state index is 14.3. The lowest BCUT2D eigenvalue weighted by molar-refractivity contribution is 0.0551. The van der Waals surface area contributed by atoms with Gasteiger partial charge in [0, 0.05) is 37.3 Å². The summed E-state index contributed by atoms with van der Waals surface area (Å²) in [4.78, 5) is 13.9. The Labute approximate surface area is 160 Å². The number of carbonyl (C=O) groups is 1. The lowest BCUT2D eigenvalue weighted by atomic mass is 10.1. The predicted octanol–water partition coefficient (Wildman–Crippen LogP) is 3.92. The van der Waals surface area contributed by atoms with Crippen molar-refractivity contribution in [2.24, 2.45) is 0 Å². The van der Waals surface area contributed by atoms with Gasteiger partial charge in [-0.05, 0) is 36.2 Å². The molecule has 1 N–H and O–H groups in total. The molecule has 0 saturated carbocycles. The Kier molecular flexibility index (Phi) is 6.28. The van der Waals surface area contributed by atoms with Crippen LogP contribution in [0.2, 0.25) is 0 Å². The third-order valence-corrected chi connectivity index (χ3v) is 5.21. The number of piperazine rings is 1. The molecule has 1 fully saturated rings. The van der Waals surface area contributed by atoms with Gasteiger partial charge in [0.1, 0.15) is 30.6 Å². The summed E-state index contributed by atoms with van der Waals surface area (Å²) in [5.74, 6) is -1.51. The summed E-state index contributed by atoms with van der Waals surface area (Å²) in [6, 6.07) is 3.99. The molecule has 1 aliphatic heterocycles. The van der Waals surface area contributed by atoms with Gasteiger partial charge in [0.25, 0.3) is 0 Å². The number of thiophene rings is 1. The molecule has 27 heavy (non-hydrogen) atoms. The molecule has 1 aromatic heterocycles. The van der Waals surface area contributed by atoms with Gasteiger partial charge in [-0.1, -0.05) is 0 Å². The molecule has 0 unspecified atom stereocenters. The Bertz CT molecular complexity index is 752. The Morgan fingerprint density at radius 1 is 1.22 bits per heavy atom. The lowest BCUT2D eigenvalue weighted by Gasteiger charge is -2.38. The van der Waals surface area contributed by atoms with Crippen LogP contribution in [0.5, 0.6) is 5.75 Å². The second kappa shape index (κ2) is 8.67. The first-order valence-corrected chi connectivity index (χ1v) is 9.67. The standard InChI is InChI=1S/C19H22F2N2O3S/c1-12-7-22-8-13(2)23(12)19(24)26-10-16-17(20)5-15(6-18(16)21)25-9-14-3-4-27-11-14/h3-6,11-13,22H,7-10H2,1-2H3/t12-,13+. The highest BCUT2D eigenvalue weighted by Gasteiger charge is 2.30. The van der Waals surface area contributed by atoms with Gasteiger partial charge in [0.15, 0.2) is 0 Å². The van der Waals surface area contributed by atoms with Gasteiger partial charge in [-0.15, -0.1) is 0 Å². The van der Waals surface area contributed by atoms with E-state index in [0.29, 0.717) is 13.1 Å². The van der Waals surface area contributed by atoms with Crippen molar-refractivity contribution >= 4 is 17.4 Å². The Balaban J connectivity index is 1.62. The quantitative estimate of drug-likeness (QED) is 0.832. The van der Waals surface area contributed by atoms with Crippen molar-refractivity contribution in [2.75, 3.05) is 13.1 Å². The molecule has 8 heteroatoms. The summed E-state index contributed by atoms with van der Waals surface area (Å²) < 4.78 is 39.2. The van der Waals surface area contributed by atoms with Gasteiger partial charge < -0.3 is 19.7 Å². The Hall–Kier alpha value is -2.19. The van der Waals surface area contributed by atoms with E-state index in [9.17, 15) is 13.6 Å². The molecule has 2 aromatic rings. The van der Waals surface area contributed by atoms with Gasteiger partial charge in [-0.3, -0.25) is 0 Å². The van der Waals surface area contributed by atoms with Crippen molar-refractivity contribution < 1.29 is 23.0 Å². The molecule has 0 aliphatic carbocycles. The molecule has 1 aliphatic rings. The summed E-state index contributed by atoms with van der Waals surface area (Å²) in [7, 11) is 0. The van der Waals surface area contributed by atoms with Crippen LogP contribution in [0.25, 0.3) is 0 Å². The van der Waals surface area contributed by atoms with Gasteiger partial charge in [-0.25, -0.2) is 13.6 Å². The maximum absolute atomic E-state index is 14.3. The van der Waals surface area contributed by atoms with Crippen LogP contribution < -0.4 is 10.1 Å². The number of halogens is 2. The van der Waals surface area contributed by atoms with Crippen molar-refractivity contribution in [2.45, 2.75) is 39.1 Å². The van der Waals surface area contributed by atoms with Crippen LogP contribution in [-0.2, 0) is 18.0 Å². The van der Waals surface area contributed by atoms with Crippen LogP contribution >= 0.6 is 11.3 Å². The summed E-state index contributed by atoms with van der Waals surface area (Å²) in [6.07, 6.45) is -0.576. The van der Waals surface area contributed by atoms with E-state index in [1.807, 2.05) is 30.7 Å². The van der Waals surface area contributed by atoms with Crippen molar-refractivity contribution in [3.05, 3.63) is 51.7 Å². The molecule has 3 rings (SSSR count). The number of hydrogen-bond donors (Lipinski definition) is 1. The molecule has 1 aromatic carbocycles. The molecule has 1 saturated heterocycles. The fraction of sp³-hybridized carbons (Fsp3) is 0.421. The van der Waals surface area contributed by atoms with E-state index >= 15 is 0 Å². The first-order valence-electron chi connectivity index (χ1n) is 8.73. The van der Waals surface area contributed by atoms with E-state index < -0.39 is 24.3 Å². The summed E-state index contributed by atoms with van der Waals surface area (Å²) in [5, 5.41) is 7.01. The fourth-order valence-corrected chi connectivity index (χ4v) is 3.70. The van der Waals surface area contributed by atoms with Gasteiger partial charge >= 0.3 is 6.09 Å². The van der Waals surface area contributed by atoms with Crippen molar-refractivity contribution in [1.82, 2.24) is 10.2 Å². The zero-order chi connectivity index (χ0) is 19.4. The second-order valence-electron chi connectivity index (χ2n) is 6.60. The summed E-state index contributed by atoms with van der Waals surface area (Å²) in [5.41, 5.74) is 0.639. The molecule has 2 heterocycles. The summed E-state index contributed by atoms with van der Waals surface area (Å²) in [6.45, 7) is 4.85. The van der Waals surface area contributed by atoms with Crippen LogP contribution in [0.4, 0.5) is 13.6 Å². The van der Waals surface area contributed by atoms with Crippen LogP contribution in [0.15, 0.2) is 29.0 Å². The van der Waals surface area contributed by atoms with Crippen molar-refractivity contribution in [1.29, 1.82) is 0 Å². The number of benzene rings is 1. The number of rotatable bonds is 5. The molecule has 5 nitrogen and oxygen atoms in total. The van der Waals surface area contributed by atoms with Crippen LogP contribution in [-0.4, -0.2) is 36.2 Å². The van der Waals surface area contributed by atoms with Crippen LogP contribution in [0.1, 0.15) is 25.0 Å². The molecule has 0 radical (unpaired) electrons. The zero-order valence-corrected chi connectivity index (χ0v) is 16.0. The molecule has 2 atom stereocenters. The minimum absolute atomic E-state index is 0.0520.